The molecule has 0 spiro atoms. The molecule has 3 N–H and O–H groups in total. The van der Waals surface area contributed by atoms with E-state index in [9.17, 15) is 22.4 Å². The molecule has 1 aliphatic rings. The standard InChI is InChI=1S/C15H19FN2O5S/c1-9(14(19)18-10-4-2-3-5-10)23-15(20)12-8-11(24(17,21)22)6-7-13(12)16/h6-10H,2-5H2,1H3,(H,18,19)(H2,17,21,22)/t9-/m0/s1. The lowest BCUT2D eigenvalue weighted by Crippen LogP contribution is -2.41. The molecule has 2 rings (SSSR count). The summed E-state index contributed by atoms with van der Waals surface area (Å²) in [6.07, 6.45) is 2.68. The Kier molecular flexibility index (Phi) is 5.55. The monoisotopic (exact) mass is 358 g/mol. The molecule has 7 nitrogen and oxygen atoms in total. The second-order valence-corrected chi connectivity index (χ2v) is 7.29. The summed E-state index contributed by atoms with van der Waals surface area (Å²) < 4.78 is 41.2. The smallest absolute Gasteiger partial charge is 0.341 e. The van der Waals surface area contributed by atoms with Crippen LogP contribution in [0.25, 0.3) is 0 Å². The van der Waals surface area contributed by atoms with Gasteiger partial charge >= 0.3 is 5.97 Å². The third-order valence-electron chi connectivity index (χ3n) is 3.84. The van der Waals surface area contributed by atoms with Crippen LogP contribution in [0.3, 0.4) is 0 Å². The van der Waals surface area contributed by atoms with Crippen LogP contribution in [0, 0.1) is 5.82 Å². The molecule has 0 aliphatic heterocycles. The number of nitrogens with two attached hydrogens (primary N) is 1. The highest BCUT2D eigenvalue weighted by atomic mass is 32.2. The molecule has 1 aromatic carbocycles. The third kappa shape index (κ3) is 4.51. The Bertz CT molecular complexity index is 744. The summed E-state index contributed by atoms with van der Waals surface area (Å²) in [6.45, 7) is 1.36. The minimum Gasteiger partial charge on any atom is -0.449 e. The molecule has 0 unspecified atom stereocenters. The lowest BCUT2D eigenvalue weighted by atomic mass is 10.2. The van der Waals surface area contributed by atoms with Gasteiger partial charge in [0.2, 0.25) is 10.0 Å². The lowest BCUT2D eigenvalue weighted by molar-refractivity contribution is -0.129. The summed E-state index contributed by atoms with van der Waals surface area (Å²) in [5.41, 5.74) is -0.595. The molecule has 9 heteroatoms. The number of nitrogens with one attached hydrogen (secondary N) is 1. The fourth-order valence-corrected chi connectivity index (χ4v) is 3.04. The Balaban J connectivity index is 2.07. The number of primary sulfonamides is 1. The Labute approximate surface area is 139 Å². The van der Waals surface area contributed by atoms with Crippen molar-refractivity contribution in [3.8, 4) is 0 Å². The van der Waals surface area contributed by atoms with Crippen LogP contribution in [-0.2, 0) is 19.6 Å². The van der Waals surface area contributed by atoms with Crippen molar-refractivity contribution < 1.29 is 27.1 Å². The van der Waals surface area contributed by atoms with Crippen molar-refractivity contribution in [1.29, 1.82) is 0 Å². The number of hydrogen-bond acceptors (Lipinski definition) is 5. The average Bonchev–Trinajstić information content (AvgIpc) is 2.99. The van der Waals surface area contributed by atoms with Gasteiger partial charge in [-0.15, -0.1) is 0 Å². The minimum absolute atomic E-state index is 0.0566. The van der Waals surface area contributed by atoms with Gasteiger partial charge in [0.1, 0.15) is 5.82 Å². The van der Waals surface area contributed by atoms with Crippen molar-refractivity contribution in [3.63, 3.8) is 0 Å². The van der Waals surface area contributed by atoms with E-state index in [0.717, 1.165) is 43.9 Å². The summed E-state index contributed by atoms with van der Waals surface area (Å²) in [5, 5.41) is 7.71. The van der Waals surface area contributed by atoms with Gasteiger partial charge < -0.3 is 10.1 Å². The van der Waals surface area contributed by atoms with Gasteiger partial charge in [0.05, 0.1) is 10.5 Å². The van der Waals surface area contributed by atoms with E-state index in [-0.39, 0.29) is 6.04 Å². The minimum atomic E-state index is -4.09. The Morgan fingerprint density at radius 2 is 1.96 bits per heavy atom. The fourth-order valence-electron chi connectivity index (χ4n) is 2.50. The first-order valence-corrected chi connectivity index (χ1v) is 9.07. The van der Waals surface area contributed by atoms with Crippen LogP contribution in [0.15, 0.2) is 23.1 Å². The zero-order valence-corrected chi connectivity index (χ0v) is 13.9. The predicted molar refractivity (Wildman–Crippen MR) is 83.0 cm³/mol. The average molecular weight is 358 g/mol. The summed E-state index contributed by atoms with van der Waals surface area (Å²) in [4.78, 5) is 23.6. The van der Waals surface area contributed by atoms with Crippen LogP contribution in [0.5, 0.6) is 0 Å². The van der Waals surface area contributed by atoms with E-state index in [1.165, 1.54) is 6.92 Å². The van der Waals surface area contributed by atoms with Crippen molar-refractivity contribution in [1.82, 2.24) is 5.32 Å². The molecule has 1 amide bonds. The molecule has 1 fully saturated rings. The zero-order chi connectivity index (χ0) is 17.9. The molecule has 24 heavy (non-hydrogen) atoms. The van der Waals surface area contributed by atoms with E-state index in [1.807, 2.05) is 0 Å². The van der Waals surface area contributed by atoms with Crippen LogP contribution in [-0.4, -0.2) is 32.4 Å². The Hall–Kier alpha value is -2.00. The molecule has 1 aliphatic carbocycles. The zero-order valence-electron chi connectivity index (χ0n) is 13.1. The van der Waals surface area contributed by atoms with E-state index in [2.05, 4.69) is 5.32 Å². The number of esters is 1. The maximum atomic E-state index is 13.8. The van der Waals surface area contributed by atoms with Crippen molar-refractivity contribution in [2.24, 2.45) is 5.14 Å². The number of ether oxygens (including phenoxy) is 1. The van der Waals surface area contributed by atoms with Gasteiger partial charge in [-0.3, -0.25) is 4.79 Å². The molecule has 1 atom stereocenters. The number of amides is 1. The van der Waals surface area contributed by atoms with Gasteiger partial charge in [0.15, 0.2) is 6.10 Å². The molecule has 0 heterocycles. The van der Waals surface area contributed by atoms with E-state index in [1.54, 1.807) is 0 Å². The van der Waals surface area contributed by atoms with Gasteiger partial charge in [-0.1, -0.05) is 12.8 Å². The summed E-state index contributed by atoms with van der Waals surface area (Å²) >= 11 is 0. The normalized spacial score (nSPS) is 16.6. The summed E-state index contributed by atoms with van der Waals surface area (Å²) in [7, 11) is -4.09. The van der Waals surface area contributed by atoms with Crippen molar-refractivity contribution in [3.05, 3.63) is 29.6 Å². The first kappa shape index (κ1) is 18.3. The van der Waals surface area contributed by atoms with Crippen LogP contribution in [0.2, 0.25) is 0 Å². The van der Waals surface area contributed by atoms with Crippen molar-refractivity contribution in [2.45, 2.75) is 49.6 Å². The van der Waals surface area contributed by atoms with E-state index >= 15 is 0 Å². The maximum Gasteiger partial charge on any atom is 0.341 e. The highest BCUT2D eigenvalue weighted by molar-refractivity contribution is 7.89. The lowest BCUT2D eigenvalue weighted by Gasteiger charge is -2.17. The number of halogens is 1. The second-order valence-electron chi connectivity index (χ2n) is 5.72. The van der Waals surface area contributed by atoms with E-state index < -0.39 is 44.3 Å². The van der Waals surface area contributed by atoms with Crippen molar-refractivity contribution >= 4 is 21.9 Å². The Morgan fingerprint density at radius 3 is 2.54 bits per heavy atom. The molecule has 0 bridgehead atoms. The topological polar surface area (TPSA) is 116 Å². The number of benzene rings is 1. The molecule has 0 aromatic heterocycles. The third-order valence-corrected chi connectivity index (χ3v) is 4.75. The molecule has 132 valence electrons. The van der Waals surface area contributed by atoms with Crippen LogP contribution in [0.4, 0.5) is 4.39 Å². The summed E-state index contributed by atoms with van der Waals surface area (Å²) in [5.74, 6) is -2.57. The molecular weight excluding hydrogens is 339 g/mol. The van der Waals surface area contributed by atoms with Crippen LogP contribution < -0.4 is 10.5 Å². The number of sulfonamides is 1. The number of carbonyl (C=O) groups is 2. The molecule has 0 radical (unpaired) electrons. The van der Waals surface area contributed by atoms with E-state index in [0.29, 0.717) is 0 Å². The first-order chi connectivity index (χ1) is 11.2. The SMILES string of the molecule is C[C@H](OC(=O)c1cc(S(N)(=O)=O)ccc1F)C(=O)NC1CCCC1. The predicted octanol–water partition coefficient (Wildman–Crippen LogP) is 1.08. The molecule has 0 saturated heterocycles. The molecule has 1 saturated carbocycles. The van der Waals surface area contributed by atoms with E-state index in [4.69, 9.17) is 9.88 Å². The van der Waals surface area contributed by atoms with Crippen LogP contribution >= 0.6 is 0 Å². The first-order valence-electron chi connectivity index (χ1n) is 7.52. The Morgan fingerprint density at radius 1 is 1.33 bits per heavy atom. The van der Waals surface area contributed by atoms with Gasteiger partial charge in [-0.05, 0) is 38.0 Å². The van der Waals surface area contributed by atoms with Crippen LogP contribution in [0.1, 0.15) is 43.0 Å². The highest BCUT2D eigenvalue weighted by Gasteiger charge is 2.25. The van der Waals surface area contributed by atoms with Gasteiger partial charge in [-0.2, -0.15) is 0 Å². The molecular formula is C15H19FN2O5S. The van der Waals surface area contributed by atoms with Gasteiger partial charge in [0.25, 0.3) is 5.91 Å². The van der Waals surface area contributed by atoms with Crippen molar-refractivity contribution in [2.75, 3.05) is 0 Å². The van der Waals surface area contributed by atoms with Gasteiger partial charge in [-0.25, -0.2) is 22.7 Å². The number of hydrogen-bond donors (Lipinski definition) is 2. The second kappa shape index (κ2) is 7.27. The number of rotatable bonds is 5. The quantitative estimate of drug-likeness (QED) is 0.764. The van der Waals surface area contributed by atoms with Gasteiger partial charge in [0, 0.05) is 6.04 Å². The summed E-state index contributed by atoms with van der Waals surface area (Å²) in [6, 6.07) is 2.59. The largest absolute Gasteiger partial charge is 0.449 e. The molecule has 1 aromatic rings. The highest BCUT2D eigenvalue weighted by Crippen LogP contribution is 2.18. The maximum absolute atomic E-state index is 13.8. The number of carbonyl (C=O) groups excluding carboxylic acids is 2. The fraction of sp³-hybridized carbons (Fsp3) is 0.467.